The molecular formula is C14H24N2O3. The predicted octanol–water partition coefficient (Wildman–Crippen LogP) is 1.03. The lowest BCUT2D eigenvalue weighted by Crippen LogP contribution is -2.27. The van der Waals surface area contributed by atoms with E-state index in [9.17, 15) is 9.59 Å². The first kappa shape index (κ1) is 14.3. The Hall–Kier alpha value is -1.10. The summed E-state index contributed by atoms with van der Waals surface area (Å²) in [5.74, 6) is 0.570. The summed E-state index contributed by atoms with van der Waals surface area (Å²) < 4.78 is 5.55. The van der Waals surface area contributed by atoms with E-state index in [2.05, 4.69) is 0 Å². The monoisotopic (exact) mass is 268 g/mol. The Labute approximate surface area is 114 Å². The average molecular weight is 268 g/mol. The van der Waals surface area contributed by atoms with E-state index in [1.54, 1.807) is 0 Å². The third-order valence-electron chi connectivity index (χ3n) is 3.78. The van der Waals surface area contributed by atoms with Gasteiger partial charge in [0, 0.05) is 52.2 Å². The summed E-state index contributed by atoms with van der Waals surface area (Å²) in [6.07, 6.45) is 5.26. The number of ether oxygens (including phenoxy) is 1. The van der Waals surface area contributed by atoms with Gasteiger partial charge in [0.2, 0.25) is 11.8 Å². The van der Waals surface area contributed by atoms with Crippen LogP contribution in [0.25, 0.3) is 0 Å². The van der Waals surface area contributed by atoms with Crippen LogP contribution in [0.2, 0.25) is 0 Å². The van der Waals surface area contributed by atoms with Crippen LogP contribution in [0.4, 0.5) is 0 Å². The maximum absolute atomic E-state index is 11.4. The molecule has 0 spiro atoms. The van der Waals surface area contributed by atoms with Crippen LogP contribution in [0.3, 0.4) is 0 Å². The van der Waals surface area contributed by atoms with Crippen molar-refractivity contribution in [1.29, 1.82) is 0 Å². The Balaban J connectivity index is 1.42. The second-order valence-electron chi connectivity index (χ2n) is 5.29. The molecule has 2 aliphatic rings. The highest BCUT2D eigenvalue weighted by molar-refractivity contribution is 5.78. The number of carbonyl (C=O) groups is 2. The molecule has 0 aromatic heterocycles. The summed E-state index contributed by atoms with van der Waals surface area (Å²) in [4.78, 5) is 26.6. The van der Waals surface area contributed by atoms with Gasteiger partial charge in [0.25, 0.3) is 0 Å². The van der Waals surface area contributed by atoms with Crippen LogP contribution < -0.4 is 0 Å². The quantitative estimate of drug-likeness (QED) is 0.618. The fraction of sp³-hybridized carbons (Fsp3) is 0.857. The van der Waals surface area contributed by atoms with Crippen molar-refractivity contribution >= 4 is 11.8 Å². The minimum atomic E-state index is 0.285. The van der Waals surface area contributed by atoms with E-state index >= 15 is 0 Å². The van der Waals surface area contributed by atoms with Gasteiger partial charge in [-0.25, -0.2) is 0 Å². The third kappa shape index (κ3) is 4.49. The number of hydrogen-bond donors (Lipinski definition) is 0. The molecule has 0 aliphatic carbocycles. The van der Waals surface area contributed by atoms with Gasteiger partial charge in [-0.3, -0.25) is 9.59 Å². The predicted molar refractivity (Wildman–Crippen MR) is 71.7 cm³/mol. The van der Waals surface area contributed by atoms with Gasteiger partial charge in [0.15, 0.2) is 0 Å². The molecule has 2 fully saturated rings. The van der Waals surface area contributed by atoms with E-state index in [4.69, 9.17) is 4.74 Å². The molecule has 0 N–H and O–H groups in total. The minimum Gasteiger partial charge on any atom is -0.381 e. The van der Waals surface area contributed by atoms with Crippen molar-refractivity contribution in [3.63, 3.8) is 0 Å². The normalized spacial score (nSPS) is 19.8. The molecule has 2 rings (SSSR count). The fourth-order valence-electron chi connectivity index (χ4n) is 2.70. The Morgan fingerprint density at radius 3 is 1.68 bits per heavy atom. The van der Waals surface area contributed by atoms with Crippen molar-refractivity contribution in [3.8, 4) is 0 Å². The zero-order chi connectivity index (χ0) is 13.5. The SMILES string of the molecule is O=C1CCCN1CCCOCCCN1CCCC1=O. The minimum absolute atomic E-state index is 0.285. The summed E-state index contributed by atoms with van der Waals surface area (Å²) in [7, 11) is 0. The van der Waals surface area contributed by atoms with Crippen LogP contribution in [0.5, 0.6) is 0 Å². The molecular weight excluding hydrogens is 244 g/mol. The Bertz CT molecular complexity index is 290. The molecule has 2 aliphatic heterocycles. The topological polar surface area (TPSA) is 49.9 Å². The highest BCUT2D eigenvalue weighted by atomic mass is 16.5. The Morgan fingerprint density at radius 2 is 1.32 bits per heavy atom. The third-order valence-corrected chi connectivity index (χ3v) is 3.78. The smallest absolute Gasteiger partial charge is 0.222 e. The number of rotatable bonds is 8. The van der Waals surface area contributed by atoms with Crippen LogP contribution in [0.15, 0.2) is 0 Å². The van der Waals surface area contributed by atoms with Gasteiger partial charge in [-0.1, -0.05) is 0 Å². The van der Waals surface area contributed by atoms with E-state index in [1.165, 1.54) is 0 Å². The summed E-state index contributed by atoms with van der Waals surface area (Å²) in [6.45, 7) is 4.88. The number of nitrogens with zero attached hydrogens (tertiary/aromatic N) is 2. The lowest BCUT2D eigenvalue weighted by atomic mass is 10.4. The molecule has 0 saturated carbocycles. The van der Waals surface area contributed by atoms with E-state index in [1.807, 2.05) is 9.80 Å². The molecule has 2 heterocycles. The van der Waals surface area contributed by atoms with Crippen molar-refractivity contribution in [3.05, 3.63) is 0 Å². The molecule has 0 aromatic carbocycles. The second kappa shape index (κ2) is 7.48. The molecule has 108 valence electrons. The van der Waals surface area contributed by atoms with Crippen LogP contribution in [0, 0.1) is 0 Å². The lowest BCUT2D eigenvalue weighted by molar-refractivity contribution is -0.128. The first-order chi connectivity index (χ1) is 9.27. The zero-order valence-electron chi connectivity index (χ0n) is 11.6. The fourth-order valence-corrected chi connectivity index (χ4v) is 2.70. The summed E-state index contributed by atoms with van der Waals surface area (Å²) in [5.41, 5.74) is 0. The molecule has 0 aromatic rings. The van der Waals surface area contributed by atoms with E-state index in [0.29, 0.717) is 26.1 Å². The van der Waals surface area contributed by atoms with Gasteiger partial charge >= 0.3 is 0 Å². The molecule has 2 saturated heterocycles. The van der Waals surface area contributed by atoms with Crippen molar-refractivity contribution in [1.82, 2.24) is 9.80 Å². The largest absolute Gasteiger partial charge is 0.381 e. The Kier molecular flexibility index (Phi) is 5.63. The number of amides is 2. The maximum Gasteiger partial charge on any atom is 0.222 e. The highest BCUT2D eigenvalue weighted by Gasteiger charge is 2.19. The van der Waals surface area contributed by atoms with Crippen LogP contribution >= 0.6 is 0 Å². The standard InChI is InChI=1S/C14H24N2O3/c17-13-5-1-7-15(13)9-3-11-19-12-4-10-16-8-2-6-14(16)18/h1-12H2. The van der Waals surface area contributed by atoms with Gasteiger partial charge in [-0.2, -0.15) is 0 Å². The van der Waals surface area contributed by atoms with Crippen molar-refractivity contribution in [2.24, 2.45) is 0 Å². The summed E-state index contributed by atoms with van der Waals surface area (Å²) in [5, 5.41) is 0. The van der Waals surface area contributed by atoms with Gasteiger partial charge in [-0.15, -0.1) is 0 Å². The molecule has 0 atom stereocenters. The van der Waals surface area contributed by atoms with Crippen LogP contribution in [-0.4, -0.2) is 61.0 Å². The highest BCUT2D eigenvalue weighted by Crippen LogP contribution is 2.10. The van der Waals surface area contributed by atoms with Gasteiger partial charge < -0.3 is 14.5 Å². The summed E-state index contributed by atoms with van der Waals surface area (Å²) in [6, 6.07) is 0. The maximum atomic E-state index is 11.4. The molecule has 5 nitrogen and oxygen atoms in total. The molecule has 0 bridgehead atoms. The molecule has 2 amide bonds. The first-order valence-electron chi connectivity index (χ1n) is 7.40. The van der Waals surface area contributed by atoms with E-state index < -0.39 is 0 Å². The van der Waals surface area contributed by atoms with Crippen LogP contribution in [0.1, 0.15) is 38.5 Å². The van der Waals surface area contributed by atoms with Gasteiger partial charge in [0.1, 0.15) is 0 Å². The average Bonchev–Trinajstić information content (AvgIpc) is 2.98. The number of carbonyl (C=O) groups excluding carboxylic acids is 2. The second-order valence-corrected chi connectivity index (χ2v) is 5.29. The molecule has 5 heteroatoms. The molecule has 0 unspecified atom stereocenters. The van der Waals surface area contributed by atoms with Crippen molar-refractivity contribution < 1.29 is 14.3 Å². The number of likely N-dealkylation sites (tertiary alicyclic amines) is 2. The van der Waals surface area contributed by atoms with Gasteiger partial charge in [-0.05, 0) is 25.7 Å². The van der Waals surface area contributed by atoms with Crippen molar-refractivity contribution in [2.45, 2.75) is 38.5 Å². The molecule has 0 radical (unpaired) electrons. The van der Waals surface area contributed by atoms with E-state index in [-0.39, 0.29) is 11.8 Å². The summed E-state index contributed by atoms with van der Waals surface area (Å²) >= 11 is 0. The van der Waals surface area contributed by atoms with E-state index in [0.717, 1.165) is 51.9 Å². The Morgan fingerprint density at radius 1 is 0.842 bits per heavy atom. The first-order valence-corrected chi connectivity index (χ1v) is 7.40. The number of hydrogen-bond acceptors (Lipinski definition) is 3. The van der Waals surface area contributed by atoms with Crippen LogP contribution in [-0.2, 0) is 14.3 Å². The van der Waals surface area contributed by atoms with Crippen molar-refractivity contribution in [2.75, 3.05) is 39.4 Å². The molecule has 19 heavy (non-hydrogen) atoms. The lowest BCUT2D eigenvalue weighted by Gasteiger charge is -2.16. The van der Waals surface area contributed by atoms with Gasteiger partial charge in [0.05, 0.1) is 0 Å². The zero-order valence-corrected chi connectivity index (χ0v) is 11.6.